The maximum atomic E-state index is 12.0. The number of hydrogen-bond acceptors (Lipinski definition) is 1. The maximum Gasteiger partial charge on any atom is 0.389 e. The van der Waals surface area contributed by atoms with E-state index in [0.29, 0.717) is 10.6 Å². The third-order valence-corrected chi connectivity index (χ3v) is 2.93. The summed E-state index contributed by atoms with van der Waals surface area (Å²) in [6, 6.07) is 4.26. The van der Waals surface area contributed by atoms with Gasteiger partial charge in [0.1, 0.15) is 0 Å². The Morgan fingerprint density at radius 1 is 1.35 bits per heavy atom. The largest absolute Gasteiger partial charge is 0.389 e. The molecule has 0 aliphatic carbocycles. The molecule has 98 valence electrons. The number of rotatable bonds is 3. The normalized spacial score (nSPS) is 13.1. The van der Waals surface area contributed by atoms with E-state index in [1.807, 2.05) is 0 Å². The highest BCUT2D eigenvalue weighted by Crippen LogP contribution is 2.31. The van der Waals surface area contributed by atoms with E-state index in [2.05, 4.69) is 15.9 Å². The number of alkyl halides is 3. The van der Waals surface area contributed by atoms with Crippen LogP contribution < -0.4 is 5.73 Å². The second kappa shape index (κ2) is 6.83. The van der Waals surface area contributed by atoms with Crippen molar-refractivity contribution in [2.75, 3.05) is 0 Å². The lowest BCUT2D eigenvalue weighted by Crippen LogP contribution is -2.16. The predicted octanol–water partition coefficient (Wildman–Crippen LogP) is 4.87. The Hall–Kier alpha value is 0.0300. The average Bonchev–Trinajstić information content (AvgIpc) is 2.17. The number of nitrogens with two attached hydrogens (primary N) is 1. The molecule has 7 heteroatoms. The highest BCUT2D eigenvalue weighted by molar-refractivity contribution is 9.10. The second-order valence-electron chi connectivity index (χ2n) is 3.43. The van der Waals surface area contributed by atoms with Crippen molar-refractivity contribution in [1.82, 2.24) is 0 Å². The van der Waals surface area contributed by atoms with Crippen LogP contribution in [0.5, 0.6) is 0 Å². The molecule has 0 unspecified atom stereocenters. The summed E-state index contributed by atoms with van der Waals surface area (Å²) in [5.41, 5.74) is 6.19. The molecule has 1 atom stereocenters. The van der Waals surface area contributed by atoms with E-state index in [1.165, 1.54) is 0 Å². The van der Waals surface area contributed by atoms with E-state index in [1.54, 1.807) is 18.2 Å². The Labute approximate surface area is 117 Å². The van der Waals surface area contributed by atoms with Crippen LogP contribution in [0.3, 0.4) is 0 Å². The summed E-state index contributed by atoms with van der Waals surface area (Å²) in [5, 5.41) is 0.387. The van der Waals surface area contributed by atoms with Crippen LogP contribution in [0.25, 0.3) is 0 Å². The van der Waals surface area contributed by atoms with Crippen molar-refractivity contribution in [3.63, 3.8) is 0 Å². The van der Waals surface area contributed by atoms with E-state index in [4.69, 9.17) is 17.3 Å². The molecule has 0 saturated heterocycles. The first kappa shape index (κ1) is 17.0. The van der Waals surface area contributed by atoms with E-state index in [9.17, 15) is 13.2 Å². The molecule has 0 aliphatic heterocycles. The van der Waals surface area contributed by atoms with Gasteiger partial charge in [-0.3, -0.25) is 0 Å². The van der Waals surface area contributed by atoms with Crippen LogP contribution in [-0.4, -0.2) is 6.18 Å². The van der Waals surface area contributed by atoms with Crippen molar-refractivity contribution in [2.45, 2.75) is 25.1 Å². The minimum absolute atomic E-state index is 0. The molecular weight excluding hydrogens is 342 g/mol. The lowest BCUT2D eigenvalue weighted by molar-refractivity contribution is -0.136. The Morgan fingerprint density at radius 2 is 1.94 bits per heavy atom. The number of benzene rings is 1. The molecule has 17 heavy (non-hydrogen) atoms. The molecule has 0 fully saturated rings. The third kappa shape index (κ3) is 5.95. The number of hydrogen-bond donors (Lipinski definition) is 1. The molecular formula is C10H11BrCl2F3N. The van der Waals surface area contributed by atoms with Crippen molar-refractivity contribution in [3.05, 3.63) is 33.3 Å². The Balaban J connectivity index is 0.00000256. The van der Waals surface area contributed by atoms with Crippen LogP contribution >= 0.6 is 39.9 Å². The van der Waals surface area contributed by atoms with Crippen LogP contribution in [0.2, 0.25) is 5.02 Å². The van der Waals surface area contributed by atoms with Gasteiger partial charge in [0.05, 0.1) is 0 Å². The lowest BCUT2D eigenvalue weighted by Gasteiger charge is -2.15. The first-order chi connectivity index (χ1) is 7.29. The fourth-order valence-corrected chi connectivity index (χ4v) is 1.91. The van der Waals surface area contributed by atoms with E-state index >= 15 is 0 Å². The molecule has 0 spiro atoms. The van der Waals surface area contributed by atoms with Gasteiger partial charge in [-0.25, -0.2) is 0 Å². The Morgan fingerprint density at radius 3 is 2.47 bits per heavy atom. The molecule has 0 heterocycles. The molecule has 0 aromatic heterocycles. The van der Waals surface area contributed by atoms with Crippen molar-refractivity contribution in [1.29, 1.82) is 0 Å². The SMILES string of the molecule is Cl.N[C@@H](CCC(F)(F)F)c1cc(Br)ccc1Cl. The fourth-order valence-electron chi connectivity index (χ4n) is 1.27. The Kier molecular flexibility index (Phi) is 6.84. The standard InChI is InChI=1S/C10H10BrClF3N.ClH/c11-6-1-2-8(12)7(5-6)9(16)3-4-10(13,14)15;/h1-2,5,9H,3-4,16H2;1H/t9-;/m0./s1. The van der Waals surface area contributed by atoms with Crippen LogP contribution in [0.4, 0.5) is 13.2 Å². The molecule has 1 aromatic rings. The van der Waals surface area contributed by atoms with Crippen LogP contribution in [-0.2, 0) is 0 Å². The van der Waals surface area contributed by atoms with Gasteiger partial charge in [-0.15, -0.1) is 12.4 Å². The topological polar surface area (TPSA) is 26.0 Å². The second-order valence-corrected chi connectivity index (χ2v) is 4.75. The smallest absolute Gasteiger partial charge is 0.324 e. The summed E-state index contributed by atoms with van der Waals surface area (Å²) >= 11 is 9.08. The van der Waals surface area contributed by atoms with Crippen molar-refractivity contribution in [2.24, 2.45) is 5.73 Å². The molecule has 1 rings (SSSR count). The zero-order valence-electron chi connectivity index (χ0n) is 8.60. The summed E-state index contributed by atoms with van der Waals surface area (Å²) in [6.45, 7) is 0. The van der Waals surface area contributed by atoms with Gasteiger partial charge in [0, 0.05) is 22.0 Å². The summed E-state index contributed by atoms with van der Waals surface area (Å²) < 4.78 is 36.8. The average molecular weight is 353 g/mol. The monoisotopic (exact) mass is 351 g/mol. The van der Waals surface area contributed by atoms with Gasteiger partial charge in [0.2, 0.25) is 0 Å². The Bertz CT molecular complexity index is 371. The van der Waals surface area contributed by atoms with Gasteiger partial charge in [-0.05, 0) is 30.2 Å². The van der Waals surface area contributed by atoms with Crippen molar-refractivity contribution >= 4 is 39.9 Å². The highest BCUT2D eigenvalue weighted by Gasteiger charge is 2.28. The minimum Gasteiger partial charge on any atom is -0.324 e. The van der Waals surface area contributed by atoms with Gasteiger partial charge < -0.3 is 5.73 Å². The molecule has 0 radical (unpaired) electrons. The van der Waals surface area contributed by atoms with Gasteiger partial charge in [-0.2, -0.15) is 13.2 Å². The van der Waals surface area contributed by atoms with Crippen molar-refractivity contribution in [3.8, 4) is 0 Å². The van der Waals surface area contributed by atoms with Crippen molar-refractivity contribution < 1.29 is 13.2 Å². The first-order valence-electron chi connectivity index (χ1n) is 4.57. The zero-order valence-corrected chi connectivity index (χ0v) is 11.8. The maximum absolute atomic E-state index is 12.0. The van der Waals surface area contributed by atoms with Gasteiger partial charge >= 0.3 is 6.18 Å². The summed E-state index contributed by atoms with van der Waals surface area (Å²) in [7, 11) is 0. The minimum atomic E-state index is -4.18. The predicted molar refractivity (Wildman–Crippen MR) is 68.6 cm³/mol. The summed E-state index contributed by atoms with van der Waals surface area (Å²) in [5.74, 6) is 0. The van der Waals surface area contributed by atoms with Gasteiger partial charge in [0.15, 0.2) is 0 Å². The molecule has 0 bridgehead atoms. The van der Waals surface area contributed by atoms with Crippen LogP contribution in [0, 0.1) is 0 Å². The lowest BCUT2D eigenvalue weighted by atomic mass is 10.0. The summed E-state index contributed by atoms with van der Waals surface area (Å²) in [6.07, 6.45) is -5.26. The molecule has 2 N–H and O–H groups in total. The fraction of sp³-hybridized carbons (Fsp3) is 0.400. The van der Waals surface area contributed by atoms with Gasteiger partial charge in [-0.1, -0.05) is 27.5 Å². The van der Waals surface area contributed by atoms with Crippen LogP contribution in [0.1, 0.15) is 24.4 Å². The molecule has 1 nitrogen and oxygen atoms in total. The molecule has 1 aromatic carbocycles. The highest BCUT2D eigenvalue weighted by atomic mass is 79.9. The zero-order chi connectivity index (χ0) is 12.3. The van der Waals surface area contributed by atoms with Gasteiger partial charge in [0.25, 0.3) is 0 Å². The van der Waals surface area contributed by atoms with E-state index in [0.717, 1.165) is 4.47 Å². The van der Waals surface area contributed by atoms with Crippen LogP contribution in [0.15, 0.2) is 22.7 Å². The molecule has 0 amide bonds. The van der Waals surface area contributed by atoms with E-state index < -0.39 is 18.6 Å². The number of halogens is 6. The summed E-state index contributed by atoms with van der Waals surface area (Å²) in [4.78, 5) is 0. The quantitative estimate of drug-likeness (QED) is 0.825. The molecule has 0 saturated carbocycles. The molecule has 0 aliphatic rings. The third-order valence-electron chi connectivity index (χ3n) is 2.10. The first-order valence-corrected chi connectivity index (χ1v) is 5.74. The van der Waals surface area contributed by atoms with E-state index in [-0.39, 0.29) is 18.8 Å².